The molecule has 0 aliphatic carbocycles. The summed E-state index contributed by atoms with van der Waals surface area (Å²) in [5.74, 6) is -0.0433. The normalized spacial score (nSPS) is 11.6. The van der Waals surface area contributed by atoms with Crippen molar-refractivity contribution in [1.29, 1.82) is 0 Å². The molecule has 0 bridgehead atoms. The monoisotopic (exact) mass is 380 g/mol. The summed E-state index contributed by atoms with van der Waals surface area (Å²) >= 11 is 0. The molecule has 1 atom stereocenters. The second kappa shape index (κ2) is 9.40. The van der Waals surface area contributed by atoms with E-state index in [9.17, 15) is 9.59 Å². The molecule has 1 aromatic carbocycles. The van der Waals surface area contributed by atoms with Crippen molar-refractivity contribution in [3.8, 4) is 11.4 Å². The van der Waals surface area contributed by atoms with E-state index in [1.807, 2.05) is 30.3 Å². The molecule has 0 saturated heterocycles. The van der Waals surface area contributed by atoms with Crippen LogP contribution >= 0.6 is 0 Å². The van der Waals surface area contributed by atoms with E-state index in [0.717, 1.165) is 5.56 Å². The molecule has 8 nitrogen and oxygen atoms in total. The van der Waals surface area contributed by atoms with Crippen LogP contribution in [0.3, 0.4) is 0 Å². The molecule has 8 heteroatoms. The van der Waals surface area contributed by atoms with E-state index in [-0.39, 0.29) is 31.2 Å². The maximum Gasteiger partial charge on any atom is 0.308 e. The topological polar surface area (TPSA) is 107 Å². The number of esters is 1. The molecule has 0 radical (unpaired) electrons. The number of hydrogen-bond acceptors (Lipinski definition) is 7. The van der Waals surface area contributed by atoms with Crippen LogP contribution in [-0.2, 0) is 20.7 Å². The predicted octanol–water partition coefficient (Wildman–Crippen LogP) is 2.48. The fourth-order valence-corrected chi connectivity index (χ4v) is 2.47. The minimum absolute atomic E-state index is 0.0501. The van der Waals surface area contributed by atoms with Gasteiger partial charge in [-0.3, -0.25) is 14.6 Å². The van der Waals surface area contributed by atoms with Gasteiger partial charge < -0.3 is 14.6 Å². The number of nitrogens with one attached hydrogen (secondary N) is 1. The van der Waals surface area contributed by atoms with Gasteiger partial charge >= 0.3 is 5.97 Å². The number of amides is 1. The highest BCUT2D eigenvalue weighted by atomic mass is 16.6. The third kappa shape index (κ3) is 5.47. The van der Waals surface area contributed by atoms with Gasteiger partial charge in [0.05, 0.1) is 12.8 Å². The van der Waals surface area contributed by atoms with Crippen molar-refractivity contribution >= 4 is 11.9 Å². The summed E-state index contributed by atoms with van der Waals surface area (Å²) in [6.45, 7) is 1.84. The fourth-order valence-electron chi connectivity index (χ4n) is 2.47. The Kier molecular flexibility index (Phi) is 6.46. The van der Waals surface area contributed by atoms with Crippen LogP contribution in [0.2, 0.25) is 0 Å². The van der Waals surface area contributed by atoms with Crippen LogP contribution in [0.25, 0.3) is 11.4 Å². The van der Waals surface area contributed by atoms with Crippen molar-refractivity contribution < 1.29 is 18.8 Å². The molecule has 2 heterocycles. The van der Waals surface area contributed by atoms with Gasteiger partial charge in [-0.2, -0.15) is 4.98 Å². The summed E-state index contributed by atoms with van der Waals surface area (Å²) in [6.07, 6.45) is 2.89. The Morgan fingerprint density at radius 1 is 1.18 bits per heavy atom. The Bertz CT molecular complexity index is 912. The number of benzene rings is 1. The van der Waals surface area contributed by atoms with Gasteiger partial charge in [-0.25, -0.2) is 0 Å². The van der Waals surface area contributed by atoms with Gasteiger partial charge in [0.15, 0.2) is 6.10 Å². The Hall–Kier alpha value is -3.55. The van der Waals surface area contributed by atoms with Crippen molar-refractivity contribution in [3.63, 3.8) is 0 Å². The zero-order valence-corrected chi connectivity index (χ0v) is 15.4. The zero-order chi connectivity index (χ0) is 19.8. The van der Waals surface area contributed by atoms with Gasteiger partial charge in [0, 0.05) is 24.5 Å². The average molecular weight is 380 g/mol. The van der Waals surface area contributed by atoms with Crippen molar-refractivity contribution in [2.75, 3.05) is 6.54 Å². The van der Waals surface area contributed by atoms with Gasteiger partial charge in [-0.15, -0.1) is 0 Å². The number of rotatable bonds is 8. The fraction of sp³-hybridized carbons (Fsp3) is 0.250. The standard InChI is InChI=1S/C20H20N4O4/c1-14(20-23-19(24-28-20)16-8-5-10-21-13-16)27-18(26)9-11-22-17(25)12-15-6-3-2-4-7-15/h2-8,10,13-14H,9,11-12H2,1H3,(H,22,25). The SMILES string of the molecule is CC(OC(=O)CCNC(=O)Cc1ccccc1)c1nc(-c2cccnc2)no1. The zero-order valence-electron chi connectivity index (χ0n) is 15.4. The van der Waals surface area contributed by atoms with Crippen LogP contribution in [0.5, 0.6) is 0 Å². The maximum absolute atomic E-state index is 12.0. The van der Waals surface area contributed by atoms with E-state index < -0.39 is 12.1 Å². The van der Waals surface area contributed by atoms with Crippen LogP contribution in [0.15, 0.2) is 59.4 Å². The molecular formula is C20H20N4O4. The van der Waals surface area contributed by atoms with E-state index >= 15 is 0 Å². The first-order valence-corrected chi connectivity index (χ1v) is 8.86. The van der Waals surface area contributed by atoms with Gasteiger partial charge in [0.1, 0.15) is 0 Å². The number of aromatic nitrogens is 3. The summed E-state index contributed by atoms with van der Waals surface area (Å²) in [5.41, 5.74) is 1.62. The summed E-state index contributed by atoms with van der Waals surface area (Å²) in [4.78, 5) is 32.1. The minimum Gasteiger partial charge on any atom is -0.452 e. The quantitative estimate of drug-likeness (QED) is 0.598. The number of hydrogen-bond donors (Lipinski definition) is 1. The molecule has 2 aromatic heterocycles. The van der Waals surface area contributed by atoms with Crippen LogP contribution in [0, 0.1) is 0 Å². The first kappa shape index (κ1) is 19.2. The third-order valence-corrected chi connectivity index (χ3v) is 3.88. The highest BCUT2D eigenvalue weighted by molar-refractivity contribution is 5.79. The highest BCUT2D eigenvalue weighted by Gasteiger charge is 2.19. The summed E-state index contributed by atoms with van der Waals surface area (Å²) in [5, 5.41) is 6.57. The van der Waals surface area contributed by atoms with Gasteiger partial charge in [0.25, 0.3) is 5.89 Å². The molecule has 0 aliphatic heterocycles. The summed E-state index contributed by atoms with van der Waals surface area (Å²) in [7, 11) is 0. The van der Waals surface area contributed by atoms with Crippen LogP contribution in [0.4, 0.5) is 0 Å². The van der Waals surface area contributed by atoms with E-state index in [2.05, 4.69) is 20.4 Å². The third-order valence-electron chi connectivity index (χ3n) is 3.88. The minimum atomic E-state index is -0.689. The van der Waals surface area contributed by atoms with Crippen LogP contribution in [0.1, 0.15) is 30.9 Å². The van der Waals surface area contributed by atoms with Crippen molar-refractivity contribution in [3.05, 3.63) is 66.3 Å². The van der Waals surface area contributed by atoms with Gasteiger partial charge in [-0.1, -0.05) is 35.5 Å². The van der Waals surface area contributed by atoms with E-state index in [0.29, 0.717) is 11.4 Å². The molecule has 3 rings (SSSR count). The molecule has 0 saturated carbocycles. The Morgan fingerprint density at radius 2 is 2.00 bits per heavy atom. The second-order valence-electron chi connectivity index (χ2n) is 6.09. The van der Waals surface area contributed by atoms with Crippen molar-refractivity contribution in [2.45, 2.75) is 25.9 Å². The lowest BCUT2D eigenvalue weighted by Gasteiger charge is -2.09. The lowest BCUT2D eigenvalue weighted by molar-refractivity contribution is -0.149. The molecule has 0 fully saturated rings. The molecule has 1 amide bonds. The van der Waals surface area contributed by atoms with Gasteiger partial charge in [-0.05, 0) is 24.6 Å². The van der Waals surface area contributed by atoms with Crippen LogP contribution in [-0.4, -0.2) is 33.5 Å². The smallest absolute Gasteiger partial charge is 0.308 e. The summed E-state index contributed by atoms with van der Waals surface area (Å²) in [6, 6.07) is 13.0. The maximum atomic E-state index is 12.0. The largest absolute Gasteiger partial charge is 0.452 e. The summed E-state index contributed by atoms with van der Waals surface area (Å²) < 4.78 is 10.4. The van der Waals surface area contributed by atoms with Crippen molar-refractivity contribution in [1.82, 2.24) is 20.4 Å². The predicted molar refractivity (Wildman–Crippen MR) is 99.8 cm³/mol. The van der Waals surface area contributed by atoms with Crippen LogP contribution < -0.4 is 5.32 Å². The second-order valence-corrected chi connectivity index (χ2v) is 6.09. The first-order chi connectivity index (χ1) is 13.6. The number of ether oxygens (including phenoxy) is 1. The Balaban J connectivity index is 1.42. The van der Waals surface area contributed by atoms with E-state index in [1.54, 1.807) is 31.5 Å². The molecule has 0 spiro atoms. The molecule has 3 aromatic rings. The highest BCUT2D eigenvalue weighted by Crippen LogP contribution is 2.20. The number of pyridine rings is 1. The molecule has 28 heavy (non-hydrogen) atoms. The molecular weight excluding hydrogens is 360 g/mol. The first-order valence-electron chi connectivity index (χ1n) is 8.86. The number of carbonyl (C=O) groups excluding carboxylic acids is 2. The number of carbonyl (C=O) groups is 2. The Morgan fingerprint density at radius 3 is 2.75 bits per heavy atom. The molecule has 1 N–H and O–H groups in total. The van der Waals surface area contributed by atoms with Gasteiger partial charge in [0.2, 0.25) is 11.7 Å². The lowest BCUT2D eigenvalue weighted by atomic mass is 10.1. The molecule has 1 unspecified atom stereocenters. The Labute approximate surface area is 161 Å². The lowest BCUT2D eigenvalue weighted by Crippen LogP contribution is -2.28. The molecule has 0 aliphatic rings. The molecule has 144 valence electrons. The number of nitrogens with zero attached hydrogens (tertiary/aromatic N) is 3. The van der Waals surface area contributed by atoms with E-state index in [4.69, 9.17) is 9.26 Å². The van der Waals surface area contributed by atoms with E-state index in [1.165, 1.54) is 0 Å². The average Bonchev–Trinajstić information content (AvgIpc) is 3.20. The van der Waals surface area contributed by atoms with Crippen molar-refractivity contribution in [2.24, 2.45) is 0 Å².